The van der Waals surface area contributed by atoms with E-state index in [1.807, 2.05) is 64.0 Å². The second-order valence-electron chi connectivity index (χ2n) is 10.9. The maximum absolute atomic E-state index is 12.3. The quantitative estimate of drug-likeness (QED) is 0.362. The lowest BCUT2D eigenvalue weighted by Gasteiger charge is -2.33. The van der Waals surface area contributed by atoms with Crippen LogP contribution in [0.3, 0.4) is 0 Å². The molecule has 2 heterocycles. The Balaban J connectivity index is 1.48. The van der Waals surface area contributed by atoms with E-state index in [1.165, 1.54) is 0 Å². The number of hydrogen-bond acceptors (Lipinski definition) is 5. The van der Waals surface area contributed by atoms with Gasteiger partial charge in [0.05, 0.1) is 12.3 Å². The van der Waals surface area contributed by atoms with Crippen LogP contribution in [0.4, 0.5) is 10.5 Å². The minimum absolute atomic E-state index is 0.213. The second kappa shape index (κ2) is 10.7. The van der Waals surface area contributed by atoms with Gasteiger partial charge in [0, 0.05) is 30.6 Å². The molecule has 0 N–H and O–H groups in total. The number of aromatic nitrogens is 1. The van der Waals surface area contributed by atoms with Crippen LogP contribution in [0.15, 0.2) is 40.9 Å². The Labute approximate surface area is 213 Å². The van der Waals surface area contributed by atoms with Crippen LogP contribution in [0, 0.1) is 12.5 Å². The molecule has 1 aliphatic rings. The van der Waals surface area contributed by atoms with Gasteiger partial charge >= 0.3 is 6.09 Å². The molecule has 0 atom stereocenters. The van der Waals surface area contributed by atoms with Crippen molar-refractivity contribution in [1.29, 1.82) is 0 Å². The highest BCUT2D eigenvalue weighted by atomic mass is 16.6. The molecule has 1 amide bonds. The van der Waals surface area contributed by atoms with E-state index in [4.69, 9.17) is 15.8 Å². The van der Waals surface area contributed by atoms with Crippen molar-refractivity contribution in [2.75, 3.05) is 27.2 Å². The van der Waals surface area contributed by atoms with Crippen molar-refractivity contribution in [2.24, 2.45) is 5.92 Å². The fraction of sp³-hybridized carbons (Fsp3) is 0.483. The van der Waals surface area contributed by atoms with E-state index < -0.39 is 5.60 Å². The first-order chi connectivity index (χ1) is 17.1. The number of rotatable bonds is 6. The lowest BCUT2D eigenvalue weighted by atomic mass is 9.90. The molecule has 7 heteroatoms. The smallest absolute Gasteiger partial charge is 0.410 e. The van der Waals surface area contributed by atoms with Gasteiger partial charge in [-0.3, -0.25) is 0 Å². The first-order valence-corrected chi connectivity index (χ1v) is 12.7. The molecule has 4 rings (SSSR count). The molecule has 1 saturated heterocycles. The molecule has 0 unspecified atom stereocenters. The Hall–Kier alpha value is -3.37. The third kappa shape index (κ3) is 6.06. The number of piperidine rings is 1. The van der Waals surface area contributed by atoms with Crippen molar-refractivity contribution < 1.29 is 14.1 Å². The van der Waals surface area contributed by atoms with E-state index in [9.17, 15) is 4.79 Å². The summed E-state index contributed by atoms with van der Waals surface area (Å²) in [5.74, 6) is 0.548. The van der Waals surface area contributed by atoms with Crippen molar-refractivity contribution in [1.82, 2.24) is 15.0 Å². The summed E-state index contributed by atoms with van der Waals surface area (Å²) in [6.45, 7) is 15.2. The minimum Gasteiger partial charge on any atom is -0.444 e. The van der Waals surface area contributed by atoms with E-state index >= 15 is 0 Å². The first kappa shape index (κ1) is 25.7. The van der Waals surface area contributed by atoms with Gasteiger partial charge in [-0.2, -0.15) is 0 Å². The van der Waals surface area contributed by atoms with Crippen molar-refractivity contribution in [3.63, 3.8) is 0 Å². The van der Waals surface area contributed by atoms with Gasteiger partial charge in [0.15, 0.2) is 11.3 Å². The zero-order valence-corrected chi connectivity index (χ0v) is 22.0. The van der Waals surface area contributed by atoms with E-state index in [0.29, 0.717) is 18.2 Å². The highest BCUT2D eigenvalue weighted by Gasteiger charge is 2.27. The van der Waals surface area contributed by atoms with Gasteiger partial charge in [-0.15, -0.1) is 0 Å². The van der Waals surface area contributed by atoms with Crippen molar-refractivity contribution in [3.8, 4) is 11.1 Å². The molecule has 190 valence electrons. The average molecular weight is 489 g/mol. The fourth-order valence-corrected chi connectivity index (χ4v) is 4.85. The molecular formula is C29H36N4O3. The summed E-state index contributed by atoms with van der Waals surface area (Å²) in [6, 6.07) is 11.9. The predicted octanol–water partition coefficient (Wildman–Crippen LogP) is 6.69. The summed E-state index contributed by atoms with van der Waals surface area (Å²) in [6.07, 6.45) is 3.60. The van der Waals surface area contributed by atoms with Crippen LogP contribution < -0.4 is 0 Å². The van der Waals surface area contributed by atoms with Crippen molar-refractivity contribution in [3.05, 3.63) is 59.1 Å². The number of ether oxygens (including phenoxy) is 1. The number of likely N-dealkylation sites (tertiary alicyclic amines) is 1. The standard InChI is InChI=1S/C29H36N4O3/c1-29(2,3)35-28(34)33-16-14-20(15-17-33)10-13-26-24-12-11-23(21-8-7-9-22(18-21)30-4)25(19-32(5)6)27(24)36-31-26/h7-9,11-12,18,20H,10,13-17,19H2,1-3,5-6H3. The van der Waals surface area contributed by atoms with Gasteiger partial charge in [-0.25, -0.2) is 9.64 Å². The van der Waals surface area contributed by atoms with Crippen LogP contribution in [0.1, 0.15) is 51.3 Å². The summed E-state index contributed by atoms with van der Waals surface area (Å²) in [5, 5.41) is 5.53. The third-order valence-corrected chi connectivity index (χ3v) is 6.63. The molecule has 0 aliphatic carbocycles. The third-order valence-electron chi connectivity index (χ3n) is 6.63. The van der Waals surface area contributed by atoms with Crippen LogP contribution in [0.2, 0.25) is 0 Å². The molecule has 1 aromatic heterocycles. The number of aryl methyl sites for hydroxylation is 1. The van der Waals surface area contributed by atoms with E-state index in [1.54, 1.807) is 0 Å². The Morgan fingerprint density at radius 3 is 2.64 bits per heavy atom. The maximum Gasteiger partial charge on any atom is 0.410 e. The predicted molar refractivity (Wildman–Crippen MR) is 142 cm³/mol. The largest absolute Gasteiger partial charge is 0.444 e. The highest BCUT2D eigenvalue weighted by molar-refractivity contribution is 5.89. The van der Waals surface area contributed by atoms with Crippen LogP contribution >= 0.6 is 0 Å². The van der Waals surface area contributed by atoms with E-state index in [-0.39, 0.29) is 6.09 Å². The van der Waals surface area contributed by atoms with Crippen LogP contribution in [-0.2, 0) is 17.7 Å². The molecule has 1 fully saturated rings. The number of amides is 1. The molecule has 2 aromatic carbocycles. The normalized spacial score (nSPS) is 14.9. The monoisotopic (exact) mass is 488 g/mol. The topological polar surface area (TPSA) is 63.2 Å². The summed E-state index contributed by atoms with van der Waals surface area (Å²) < 4.78 is 11.4. The second-order valence-corrected chi connectivity index (χ2v) is 10.9. The summed E-state index contributed by atoms with van der Waals surface area (Å²) >= 11 is 0. The molecule has 36 heavy (non-hydrogen) atoms. The van der Waals surface area contributed by atoms with Gasteiger partial charge in [0.2, 0.25) is 0 Å². The van der Waals surface area contributed by atoms with E-state index in [0.717, 1.165) is 72.1 Å². The number of fused-ring (bicyclic) bond motifs is 1. The maximum atomic E-state index is 12.3. The van der Waals surface area contributed by atoms with Crippen LogP contribution in [-0.4, -0.2) is 53.8 Å². The Kier molecular flexibility index (Phi) is 7.65. The Morgan fingerprint density at radius 2 is 1.97 bits per heavy atom. The van der Waals surface area contributed by atoms with E-state index in [2.05, 4.69) is 27.0 Å². The summed E-state index contributed by atoms with van der Waals surface area (Å²) in [5.41, 5.74) is 5.14. The molecule has 0 bridgehead atoms. The SMILES string of the molecule is [C-]#[N+]c1cccc(-c2ccc3c(CCC4CCN(C(=O)OC(C)(C)C)CC4)noc3c2CN(C)C)c1. The molecule has 0 spiro atoms. The fourth-order valence-electron chi connectivity index (χ4n) is 4.85. The zero-order valence-electron chi connectivity index (χ0n) is 22.0. The van der Waals surface area contributed by atoms with Gasteiger partial charge in [-0.1, -0.05) is 29.4 Å². The van der Waals surface area contributed by atoms with Gasteiger partial charge in [0.1, 0.15) is 5.60 Å². The average Bonchev–Trinajstić information content (AvgIpc) is 3.25. The van der Waals surface area contributed by atoms with Gasteiger partial charge in [-0.05, 0) is 89.7 Å². The van der Waals surface area contributed by atoms with Gasteiger partial charge < -0.3 is 19.1 Å². The summed E-state index contributed by atoms with van der Waals surface area (Å²) in [7, 11) is 4.08. The van der Waals surface area contributed by atoms with Crippen molar-refractivity contribution in [2.45, 2.75) is 58.6 Å². The molecular weight excluding hydrogens is 452 g/mol. The van der Waals surface area contributed by atoms with Crippen molar-refractivity contribution >= 4 is 22.7 Å². The van der Waals surface area contributed by atoms with Crippen LogP contribution in [0.25, 0.3) is 26.9 Å². The Morgan fingerprint density at radius 1 is 1.22 bits per heavy atom. The lowest BCUT2D eigenvalue weighted by molar-refractivity contribution is 0.0181. The Bertz CT molecular complexity index is 1260. The number of carbonyl (C=O) groups is 1. The molecule has 3 aromatic rings. The zero-order chi connectivity index (χ0) is 25.9. The molecule has 0 saturated carbocycles. The summed E-state index contributed by atoms with van der Waals surface area (Å²) in [4.78, 5) is 19.9. The number of carbonyl (C=O) groups excluding carboxylic acids is 1. The molecule has 1 aliphatic heterocycles. The number of benzene rings is 2. The molecule has 7 nitrogen and oxygen atoms in total. The van der Waals surface area contributed by atoms with Gasteiger partial charge in [0.25, 0.3) is 0 Å². The minimum atomic E-state index is -0.465. The molecule has 0 radical (unpaired) electrons. The first-order valence-electron chi connectivity index (χ1n) is 12.7. The highest BCUT2D eigenvalue weighted by Crippen LogP contribution is 2.35. The lowest BCUT2D eigenvalue weighted by Crippen LogP contribution is -2.41. The number of nitrogens with zero attached hydrogens (tertiary/aromatic N) is 4. The number of hydrogen-bond donors (Lipinski definition) is 0. The van der Waals surface area contributed by atoms with Crippen LogP contribution in [0.5, 0.6) is 0 Å².